The molecule has 1 fully saturated rings. The Balaban J connectivity index is 2.13. The highest BCUT2D eigenvalue weighted by Crippen LogP contribution is 2.27. The molecule has 1 aliphatic rings. The van der Waals surface area contributed by atoms with Crippen molar-refractivity contribution >= 4 is 28.3 Å². The average Bonchev–Trinajstić information content (AvgIpc) is 2.85. The summed E-state index contributed by atoms with van der Waals surface area (Å²) in [5, 5.41) is 8.64. The van der Waals surface area contributed by atoms with Gasteiger partial charge in [0, 0.05) is 11.8 Å². The van der Waals surface area contributed by atoms with Gasteiger partial charge in [-0.15, -0.1) is 10.2 Å². The first-order valence-electron chi connectivity index (χ1n) is 5.18. The van der Waals surface area contributed by atoms with E-state index in [1.165, 1.54) is 16.2 Å². The summed E-state index contributed by atoms with van der Waals surface area (Å²) >= 11 is 1.22. The van der Waals surface area contributed by atoms with Gasteiger partial charge in [-0.05, 0) is 0 Å². The lowest BCUT2D eigenvalue weighted by atomic mass is 10.00. The van der Waals surface area contributed by atoms with E-state index in [-0.39, 0.29) is 30.2 Å². The lowest BCUT2D eigenvalue weighted by Crippen LogP contribution is -2.30. The van der Waals surface area contributed by atoms with Gasteiger partial charge in [-0.2, -0.15) is 0 Å². The van der Waals surface area contributed by atoms with Crippen molar-refractivity contribution in [3.8, 4) is 0 Å². The fourth-order valence-corrected chi connectivity index (χ4v) is 2.33. The summed E-state index contributed by atoms with van der Waals surface area (Å²) in [7, 11) is 0. The molecule has 1 aromatic rings. The van der Waals surface area contributed by atoms with Crippen LogP contribution in [0, 0.1) is 11.8 Å². The average molecular weight is 255 g/mol. The molecule has 2 rings (SSSR count). The summed E-state index contributed by atoms with van der Waals surface area (Å²) < 4.78 is 0. The minimum Gasteiger partial charge on any atom is -0.298 e. The molecule has 0 bridgehead atoms. The molecule has 1 aromatic heterocycles. The van der Waals surface area contributed by atoms with E-state index in [2.05, 4.69) is 15.6 Å². The molecule has 1 saturated heterocycles. The molecular formula is C9H13N5O2S. The molecule has 2 amide bonds. The van der Waals surface area contributed by atoms with E-state index in [1.54, 1.807) is 13.8 Å². The van der Waals surface area contributed by atoms with Crippen molar-refractivity contribution in [3.63, 3.8) is 0 Å². The monoisotopic (exact) mass is 255 g/mol. The van der Waals surface area contributed by atoms with Crippen molar-refractivity contribution in [2.75, 3.05) is 5.43 Å². The molecule has 0 aliphatic carbocycles. The van der Waals surface area contributed by atoms with Crippen LogP contribution < -0.4 is 11.3 Å². The number of nitrogen functional groups attached to an aromatic ring is 1. The van der Waals surface area contributed by atoms with Gasteiger partial charge < -0.3 is 0 Å². The van der Waals surface area contributed by atoms with Crippen molar-refractivity contribution in [1.82, 2.24) is 15.1 Å². The van der Waals surface area contributed by atoms with E-state index in [4.69, 9.17) is 5.84 Å². The maximum Gasteiger partial charge on any atom is 0.233 e. The molecule has 0 aromatic carbocycles. The van der Waals surface area contributed by atoms with Gasteiger partial charge in [-0.25, -0.2) is 5.84 Å². The van der Waals surface area contributed by atoms with E-state index in [1.807, 2.05) is 0 Å². The molecule has 2 atom stereocenters. The SMILES string of the molecule is CC1C(=O)N(Cc2nnc(NN)s2)C(=O)C1C. The third-order valence-electron chi connectivity index (χ3n) is 2.94. The lowest BCUT2D eigenvalue weighted by Gasteiger charge is -2.11. The fourth-order valence-electron chi connectivity index (χ4n) is 1.69. The summed E-state index contributed by atoms with van der Waals surface area (Å²) in [6.45, 7) is 3.70. The summed E-state index contributed by atoms with van der Waals surface area (Å²) in [6, 6.07) is 0. The zero-order valence-corrected chi connectivity index (χ0v) is 10.3. The molecule has 2 unspecified atom stereocenters. The third kappa shape index (κ3) is 2.01. The maximum absolute atomic E-state index is 11.8. The molecule has 0 saturated carbocycles. The van der Waals surface area contributed by atoms with Crippen LogP contribution in [0.25, 0.3) is 0 Å². The first-order valence-corrected chi connectivity index (χ1v) is 6.00. The molecule has 1 aliphatic heterocycles. The van der Waals surface area contributed by atoms with Crippen LogP contribution in [0.1, 0.15) is 18.9 Å². The van der Waals surface area contributed by atoms with E-state index < -0.39 is 0 Å². The molecule has 7 nitrogen and oxygen atoms in total. The normalized spacial score (nSPS) is 24.5. The van der Waals surface area contributed by atoms with E-state index in [0.29, 0.717) is 10.1 Å². The number of carbonyl (C=O) groups excluding carboxylic acids is 2. The van der Waals surface area contributed by atoms with Crippen molar-refractivity contribution < 1.29 is 9.59 Å². The molecule has 3 N–H and O–H groups in total. The number of rotatable bonds is 3. The second-order valence-electron chi connectivity index (χ2n) is 3.99. The standard InChI is InChI=1S/C9H13N5O2S/c1-4-5(2)8(16)14(7(4)15)3-6-12-13-9(11-10)17-6/h4-5H,3,10H2,1-2H3,(H,11,13). The topological polar surface area (TPSA) is 101 Å². The number of nitrogens with zero attached hydrogens (tertiary/aromatic N) is 3. The number of imide groups is 1. The van der Waals surface area contributed by atoms with Gasteiger partial charge in [0.1, 0.15) is 5.01 Å². The minimum atomic E-state index is -0.262. The van der Waals surface area contributed by atoms with Crippen LogP contribution in [0.2, 0.25) is 0 Å². The largest absolute Gasteiger partial charge is 0.298 e. The molecule has 0 spiro atoms. The molecule has 8 heteroatoms. The number of anilines is 1. The maximum atomic E-state index is 11.8. The van der Waals surface area contributed by atoms with Crippen LogP contribution in [0.4, 0.5) is 5.13 Å². The number of hydrogen-bond acceptors (Lipinski definition) is 7. The quantitative estimate of drug-likeness (QED) is 0.446. The highest BCUT2D eigenvalue weighted by molar-refractivity contribution is 7.15. The van der Waals surface area contributed by atoms with Crippen LogP contribution in [-0.4, -0.2) is 26.9 Å². The minimum absolute atomic E-state index is 0.153. The van der Waals surface area contributed by atoms with Gasteiger partial charge in [0.15, 0.2) is 0 Å². The highest BCUT2D eigenvalue weighted by Gasteiger charge is 2.42. The van der Waals surface area contributed by atoms with Crippen LogP contribution in [-0.2, 0) is 16.1 Å². The van der Waals surface area contributed by atoms with Gasteiger partial charge in [-0.1, -0.05) is 25.2 Å². The van der Waals surface area contributed by atoms with Crippen molar-refractivity contribution in [2.45, 2.75) is 20.4 Å². The van der Waals surface area contributed by atoms with Crippen molar-refractivity contribution in [3.05, 3.63) is 5.01 Å². The second-order valence-corrected chi connectivity index (χ2v) is 5.05. The molecule has 0 radical (unpaired) electrons. The van der Waals surface area contributed by atoms with Crippen LogP contribution in [0.5, 0.6) is 0 Å². The predicted octanol–water partition coefficient (Wildman–Crippen LogP) is -0.0353. The first kappa shape index (κ1) is 11.9. The Morgan fingerprint density at radius 1 is 1.29 bits per heavy atom. The number of hydrazine groups is 1. The van der Waals surface area contributed by atoms with Gasteiger partial charge in [-0.3, -0.25) is 19.9 Å². The third-order valence-corrected chi connectivity index (χ3v) is 3.78. The summed E-state index contributed by atoms with van der Waals surface area (Å²) in [6.07, 6.45) is 0. The molecular weight excluding hydrogens is 242 g/mol. The molecule has 92 valence electrons. The number of likely N-dealkylation sites (tertiary alicyclic amines) is 1. The Bertz CT molecular complexity index is 440. The lowest BCUT2D eigenvalue weighted by molar-refractivity contribution is -0.140. The Morgan fingerprint density at radius 3 is 2.35 bits per heavy atom. The summed E-state index contributed by atoms with van der Waals surface area (Å²) in [4.78, 5) is 24.9. The van der Waals surface area contributed by atoms with Crippen molar-refractivity contribution in [2.24, 2.45) is 17.7 Å². The van der Waals surface area contributed by atoms with Gasteiger partial charge >= 0.3 is 0 Å². The fraction of sp³-hybridized carbons (Fsp3) is 0.556. The van der Waals surface area contributed by atoms with Crippen molar-refractivity contribution in [1.29, 1.82) is 0 Å². The van der Waals surface area contributed by atoms with E-state index in [9.17, 15) is 9.59 Å². The van der Waals surface area contributed by atoms with Crippen LogP contribution in [0.15, 0.2) is 0 Å². The number of carbonyl (C=O) groups is 2. The Hall–Kier alpha value is -1.54. The van der Waals surface area contributed by atoms with Gasteiger partial charge in [0.05, 0.1) is 6.54 Å². The van der Waals surface area contributed by atoms with Gasteiger partial charge in [0.2, 0.25) is 16.9 Å². The number of nitrogens with one attached hydrogen (secondary N) is 1. The van der Waals surface area contributed by atoms with Crippen LogP contribution >= 0.6 is 11.3 Å². The van der Waals surface area contributed by atoms with E-state index >= 15 is 0 Å². The van der Waals surface area contributed by atoms with Crippen LogP contribution in [0.3, 0.4) is 0 Å². The summed E-state index contributed by atoms with van der Waals surface area (Å²) in [5.41, 5.74) is 2.37. The Labute approximate surface area is 102 Å². The second kappa shape index (κ2) is 4.38. The highest BCUT2D eigenvalue weighted by atomic mass is 32.1. The van der Waals surface area contributed by atoms with E-state index in [0.717, 1.165) is 0 Å². The molecule has 2 heterocycles. The zero-order chi connectivity index (χ0) is 12.6. The summed E-state index contributed by atoms with van der Waals surface area (Å²) in [5.74, 6) is 4.35. The number of aromatic nitrogens is 2. The Kier molecular flexibility index (Phi) is 3.07. The smallest absolute Gasteiger partial charge is 0.233 e. The number of hydrogen-bond donors (Lipinski definition) is 2. The first-order chi connectivity index (χ1) is 8.04. The molecule has 17 heavy (non-hydrogen) atoms. The Morgan fingerprint density at radius 2 is 1.88 bits per heavy atom. The predicted molar refractivity (Wildman–Crippen MR) is 61.6 cm³/mol. The van der Waals surface area contributed by atoms with Gasteiger partial charge in [0.25, 0.3) is 0 Å². The number of amides is 2. The number of nitrogens with two attached hydrogens (primary N) is 1. The zero-order valence-electron chi connectivity index (χ0n) is 9.51.